The number of unbranched alkanes of at least 4 members (excludes halogenated alkanes) is 13. The zero-order valence-electron chi connectivity index (χ0n) is 16.7. The van der Waals surface area contributed by atoms with Crippen molar-refractivity contribution in [3.63, 3.8) is 0 Å². The van der Waals surface area contributed by atoms with Crippen LogP contribution in [0.2, 0.25) is 0 Å². The molecule has 0 spiro atoms. The molecule has 0 aliphatic heterocycles. The maximum absolute atomic E-state index is 10.2. The van der Waals surface area contributed by atoms with Crippen molar-refractivity contribution in [1.29, 1.82) is 0 Å². The number of aliphatic carboxylic acids is 2. The minimum Gasteiger partial charge on any atom is -0.481 e. The Balaban J connectivity index is 0. The van der Waals surface area contributed by atoms with Crippen LogP contribution >= 0.6 is 0 Å². The van der Waals surface area contributed by atoms with Crippen LogP contribution in [0, 0.1) is 0 Å². The van der Waals surface area contributed by atoms with Crippen LogP contribution in [0.5, 0.6) is 0 Å². The van der Waals surface area contributed by atoms with Gasteiger partial charge in [-0.25, -0.2) is 0 Å². The van der Waals surface area contributed by atoms with Gasteiger partial charge in [0.2, 0.25) is 0 Å². The predicted molar refractivity (Wildman–Crippen MR) is 105 cm³/mol. The van der Waals surface area contributed by atoms with Gasteiger partial charge in [-0.1, -0.05) is 97.3 Å². The standard InChI is InChI=1S/C12H24O2.C9H18O2/c1-2-3-4-5-6-7-8-9-10-11-12(13)14;1-2-3-4-5-6-7-8-9(10)11/h2-11H2,1H3,(H,13,14);2-8H2,1H3,(H,10,11). The number of hydrogen-bond acceptors (Lipinski definition) is 2. The highest BCUT2D eigenvalue weighted by atomic mass is 16.4. The Labute approximate surface area is 155 Å². The maximum Gasteiger partial charge on any atom is 0.303 e. The summed E-state index contributed by atoms with van der Waals surface area (Å²) in [7, 11) is 0. The molecular weight excluding hydrogens is 316 g/mol. The molecule has 0 atom stereocenters. The Morgan fingerprint density at radius 3 is 0.960 bits per heavy atom. The van der Waals surface area contributed by atoms with E-state index in [2.05, 4.69) is 13.8 Å². The largest absolute Gasteiger partial charge is 0.481 e. The highest BCUT2D eigenvalue weighted by Crippen LogP contribution is 2.10. The predicted octanol–water partition coefficient (Wildman–Crippen LogP) is 6.81. The minimum absolute atomic E-state index is 0.339. The summed E-state index contributed by atoms with van der Waals surface area (Å²) in [5.41, 5.74) is 0. The highest BCUT2D eigenvalue weighted by molar-refractivity contribution is 5.66. The summed E-state index contributed by atoms with van der Waals surface area (Å²) < 4.78 is 0. The number of rotatable bonds is 17. The van der Waals surface area contributed by atoms with Gasteiger partial charge in [-0.05, 0) is 12.8 Å². The third-order valence-corrected chi connectivity index (χ3v) is 4.24. The molecule has 0 saturated carbocycles. The molecule has 25 heavy (non-hydrogen) atoms. The minimum atomic E-state index is -0.666. The summed E-state index contributed by atoms with van der Waals surface area (Å²) in [5, 5.41) is 16.7. The van der Waals surface area contributed by atoms with Crippen LogP contribution in [-0.4, -0.2) is 22.2 Å². The Kier molecular flexibility index (Phi) is 24.0. The van der Waals surface area contributed by atoms with Gasteiger partial charge in [0.25, 0.3) is 0 Å². The van der Waals surface area contributed by atoms with Gasteiger partial charge in [0, 0.05) is 12.8 Å². The normalized spacial score (nSPS) is 10.2. The molecule has 0 radical (unpaired) electrons. The molecule has 0 heterocycles. The zero-order chi connectivity index (χ0) is 19.2. The maximum atomic E-state index is 10.2. The van der Waals surface area contributed by atoms with Crippen molar-refractivity contribution in [3.05, 3.63) is 0 Å². The lowest BCUT2D eigenvalue weighted by Gasteiger charge is -2.00. The zero-order valence-corrected chi connectivity index (χ0v) is 16.7. The molecule has 0 rings (SSSR count). The van der Waals surface area contributed by atoms with Gasteiger partial charge in [0.05, 0.1) is 0 Å². The highest BCUT2D eigenvalue weighted by Gasteiger charge is 1.96. The lowest BCUT2D eigenvalue weighted by atomic mass is 10.1. The summed E-state index contributed by atoms with van der Waals surface area (Å²) in [4.78, 5) is 20.3. The molecule has 0 amide bonds. The van der Waals surface area contributed by atoms with Gasteiger partial charge < -0.3 is 10.2 Å². The second-order valence-electron chi connectivity index (χ2n) is 6.88. The van der Waals surface area contributed by atoms with E-state index in [1.165, 1.54) is 70.6 Å². The molecule has 0 unspecified atom stereocenters. The summed E-state index contributed by atoms with van der Waals surface area (Å²) in [5.74, 6) is -1.33. The third kappa shape index (κ3) is 31.3. The van der Waals surface area contributed by atoms with Gasteiger partial charge in [0.1, 0.15) is 0 Å². The summed E-state index contributed by atoms with van der Waals surface area (Å²) in [6, 6.07) is 0. The molecule has 0 aromatic carbocycles. The van der Waals surface area contributed by atoms with Crippen molar-refractivity contribution in [3.8, 4) is 0 Å². The molecule has 4 nitrogen and oxygen atoms in total. The summed E-state index contributed by atoms with van der Waals surface area (Å²) >= 11 is 0. The van der Waals surface area contributed by atoms with Gasteiger partial charge in [0.15, 0.2) is 0 Å². The van der Waals surface area contributed by atoms with E-state index in [0.29, 0.717) is 12.8 Å². The molecule has 0 aliphatic carbocycles. The van der Waals surface area contributed by atoms with Crippen LogP contribution in [0.15, 0.2) is 0 Å². The fraction of sp³-hybridized carbons (Fsp3) is 0.905. The van der Waals surface area contributed by atoms with E-state index in [-0.39, 0.29) is 0 Å². The van der Waals surface area contributed by atoms with E-state index < -0.39 is 11.9 Å². The van der Waals surface area contributed by atoms with Crippen LogP contribution in [0.1, 0.15) is 123 Å². The SMILES string of the molecule is CCCCCCCCC(=O)O.CCCCCCCCCCCC(=O)O. The van der Waals surface area contributed by atoms with Crippen molar-refractivity contribution < 1.29 is 19.8 Å². The Morgan fingerprint density at radius 2 is 0.720 bits per heavy atom. The number of carboxylic acids is 2. The average Bonchev–Trinajstić information content (AvgIpc) is 2.56. The van der Waals surface area contributed by atoms with Gasteiger partial charge in [-0.15, -0.1) is 0 Å². The molecule has 0 bridgehead atoms. The Bertz CT molecular complexity index is 290. The third-order valence-electron chi connectivity index (χ3n) is 4.24. The van der Waals surface area contributed by atoms with Gasteiger partial charge in [-0.3, -0.25) is 9.59 Å². The smallest absolute Gasteiger partial charge is 0.303 e. The van der Waals surface area contributed by atoms with E-state index >= 15 is 0 Å². The van der Waals surface area contributed by atoms with Crippen molar-refractivity contribution >= 4 is 11.9 Å². The molecule has 0 aromatic rings. The summed E-state index contributed by atoms with van der Waals surface area (Å²) in [6.07, 6.45) is 18.7. The van der Waals surface area contributed by atoms with E-state index in [1.54, 1.807) is 0 Å². The van der Waals surface area contributed by atoms with Crippen molar-refractivity contribution in [2.45, 2.75) is 123 Å². The second kappa shape index (κ2) is 22.9. The lowest BCUT2D eigenvalue weighted by molar-refractivity contribution is -0.138. The van der Waals surface area contributed by atoms with Crippen molar-refractivity contribution in [1.82, 2.24) is 0 Å². The molecular formula is C21H42O4. The topological polar surface area (TPSA) is 74.6 Å². The molecule has 0 saturated heterocycles. The van der Waals surface area contributed by atoms with Gasteiger partial charge >= 0.3 is 11.9 Å². The van der Waals surface area contributed by atoms with Crippen LogP contribution in [0.3, 0.4) is 0 Å². The molecule has 0 aromatic heterocycles. The molecule has 0 fully saturated rings. The van der Waals surface area contributed by atoms with E-state index in [1.807, 2.05) is 0 Å². The first-order valence-corrected chi connectivity index (χ1v) is 10.5. The van der Waals surface area contributed by atoms with Crippen LogP contribution in [0.25, 0.3) is 0 Å². The van der Waals surface area contributed by atoms with E-state index in [4.69, 9.17) is 10.2 Å². The van der Waals surface area contributed by atoms with Gasteiger partial charge in [-0.2, -0.15) is 0 Å². The summed E-state index contributed by atoms with van der Waals surface area (Å²) in [6.45, 7) is 4.41. The fourth-order valence-electron chi connectivity index (χ4n) is 2.64. The molecule has 0 aliphatic rings. The van der Waals surface area contributed by atoms with Crippen LogP contribution in [-0.2, 0) is 9.59 Å². The number of carboxylic acid groups (broad SMARTS) is 2. The number of hydrogen-bond donors (Lipinski definition) is 2. The van der Waals surface area contributed by atoms with Crippen molar-refractivity contribution in [2.75, 3.05) is 0 Å². The van der Waals surface area contributed by atoms with Crippen molar-refractivity contribution in [2.24, 2.45) is 0 Å². The Morgan fingerprint density at radius 1 is 0.480 bits per heavy atom. The molecule has 2 N–H and O–H groups in total. The quantitative estimate of drug-likeness (QED) is 0.280. The van der Waals surface area contributed by atoms with Crippen LogP contribution in [0.4, 0.5) is 0 Å². The average molecular weight is 359 g/mol. The molecule has 150 valence electrons. The van der Waals surface area contributed by atoms with Crippen LogP contribution < -0.4 is 0 Å². The lowest BCUT2D eigenvalue weighted by Crippen LogP contribution is -1.93. The second-order valence-corrected chi connectivity index (χ2v) is 6.88. The van der Waals surface area contributed by atoms with E-state index in [9.17, 15) is 9.59 Å². The first-order chi connectivity index (χ1) is 12.0. The number of carbonyl (C=O) groups is 2. The molecule has 4 heteroatoms. The first-order valence-electron chi connectivity index (χ1n) is 10.5. The fourth-order valence-corrected chi connectivity index (χ4v) is 2.64. The Hall–Kier alpha value is -1.06. The van der Waals surface area contributed by atoms with E-state index in [0.717, 1.165) is 25.7 Å². The monoisotopic (exact) mass is 358 g/mol. The first kappa shape index (κ1) is 26.2.